The van der Waals surface area contributed by atoms with Crippen LogP contribution in [0.25, 0.3) is 11.3 Å². The largest absolute Gasteiger partial charge is 0.468 e. The van der Waals surface area contributed by atoms with Crippen LogP contribution < -0.4 is 16.3 Å². The number of ether oxygens (including phenoxy) is 1. The number of carbonyl (C=O) groups excluding carboxylic acids is 2. The number of rotatable bonds is 4. The highest BCUT2D eigenvalue weighted by Gasteiger charge is 2.21. The quantitative estimate of drug-likeness (QED) is 0.834. The average Bonchev–Trinajstić information content (AvgIpc) is 2.53. The summed E-state index contributed by atoms with van der Waals surface area (Å²) in [4.78, 5) is 39.4. The summed E-state index contributed by atoms with van der Waals surface area (Å²) in [5, 5.41) is 0. The van der Waals surface area contributed by atoms with Crippen molar-refractivity contribution in [1.29, 1.82) is 0 Å². The number of carbonyl (C=O) groups is 2. The van der Waals surface area contributed by atoms with Gasteiger partial charge in [-0.3, -0.25) is 14.7 Å². The van der Waals surface area contributed by atoms with Gasteiger partial charge in [-0.15, -0.1) is 0 Å². The van der Waals surface area contributed by atoms with Gasteiger partial charge in [0.2, 0.25) is 0 Å². The van der Waals surface area contributed by atoms with Gasteiger partial charge in [-0.1, -0.05) is 0 Å². The Labute approximate surface area is 125 Å². The molecule has 0 aliphatic carbocycles. The van der Waals surface area contributed by atoms with E-state index < -0.39 is 24.2 Å². The van der Waals surface area contributed by atoms with Crippen LogP contribution in [0.3, 0.4) is 0 Å². The second-order valence-corrected chi connectivity index (χ2v) is 4.21. The van der Waals surface area contributed by atoms with Gasteiger partial charge in [0.25, 0.3) is 0 Å². The molecule has 0 spiro atoms. The Morgan fingerprint density at radius 3 is 2.68 bits per heavy atom. The van der Waals surface area contributed by atoms with Crippen molar-refractivity contribution in [3.05, 3.63) is 47.1 Å². The molecule has 114 valence electrons. The summed E-state index contributed by atoms with van der Waals surface area (Å²) in [6, 6.07) is 5.27. The van der Waals surface area contributed by atoms with E-state index >= 15 is 0 Å². The number of urea groups is 1. The zero-order chi connectivity index (χ0) is 16.1. The zero-order valence-corrected chi connectivity index (χ0v) is 11.7. The molecule has 0 aliphatic rings. The van der Waals surface area contributed by atoms with E-state index in [0.717, 1.165) is 12.0 Å². The van der Waals surface area contributed by atoms with Crippen LogP contribution in [0.1, 0.15) is 0 Å². The molecule has 22 heavy (non-hydrogen) atoms. The fourth-order valence-electron chi connectivity index (χ4n) is 1.75. The summed E-state index contributed by atoms with van der Waals surface area (Å²) < 4.78 is 9.60. The second kappa shape index (κ2) is 6.53. The molecule has 2 aromatic heterocycles. The van der Waals surface area contributed by atoms with E-state index in [0.29, 0.717) is 5.56 Å². The summed E-state index contributed by atoms with van der Waals surface area (Å²) in [5.74, 6) is -0.432. The van der Waals surface area contributed by atoms with Gasteiger partial charge in [0.15, 0.2) is 0 Å². The monoisotopic (exact) mass is 303 g/mol. The molecule has 0 unspecified atom stereocenters. The first-order valence-electron chi connectivity index (χ1n) is 6.21. The third-order valence-electron chi connectivity index (χ3n) is 2.82. The van der Waals surface area contributed by atoms with Crippen LogP contribution in [0.15, 0.2) is 45.9 Å². The maximum Gasteiger partial charge on any atom is 0.360 e. The van der Waals surface area contributed by atoms with E-state index in [1.54, 1.807) is 18.3 Å². The van der Waals surface area contributed by atoms with Crippen molar-refractivity contribution in [1.82, 2.24) is 4.98 Å². The van der Waals surface area contributed by atoms with Crippen LogP contribution >= 0.6 is 0 Å². The lowest BCUT2D eigenvalue weighted by atomic mass is 10.2. The molecule has 0 radical (unpaired) electrons. The molecule has 8 heteroatoms. The van der Waals surface area contributed by atoms with Crippen LogP contribution in [-0.2, 0) is 9.53 Å². The maximum atomic E-state index is 12.0. The third kappa shape index (κ3) is 3.29. The highest BCUT2D eigenvalue weighted by Crippen LogP contribution is 2.19. The molecule has 2 amide bonds. The summed E-state index contributed by atoms with van der Waals surface area (Å²) in [7, 11) is 1.16. The molecule has 2 rings (SSSR count). The average molecular weight is 303 g/mol. The Bertz CT molecular complexity index is 742. The van der Waals surface area contributed by atoms with Crippen LogP contribution in [-0.4, -0.2) is 30.6 Å². The highest BCUT2D eigenvalue weighted by atomic mass is 16.5. The first kappa shape index (κ1) is 15.2. The van der Waals surface area contributed by atoms with Gasteiger partial charge in [-0.05, 0) is 24.3 Å². The highest BCUT2D eigenvalue weighted by molar-refractivity contribution is 5.95. The molecule has 0 saturated heterocycles. The van der Waals surface area contributed by atoms with Gasteiger partial charge >= 0.3 is 17.6 Å². The molecule has 0 aromatic carbocycles. The summed E-state index contributed by atoms with van der Waals surface area (Å²) in [6.07, 6.45) is 3.11. The van der Waals surface area contributed by atoms with Gasteiger partial charge in [0, 0.05) is 18.0 Å². The number of esters is 1. The SMILES string of the molecule is COC(=O)CN(C(N)=O)c1ccc(-c2cccnc2)oc1=O. The molecule has 0 bridgehead atoms. The van der Waals surface area contributed by atoms with Crippen molar-refractivity contribution in [3.8, 4) is 11.3 Å². The van der Waals surface area contributed by atoms with Crippen molar-refractivity contribution in [2.45, 2.75) is 0 Å². The number of nitrogens with two attached hydrogens (primary N) is 1. The number of pyridine rings is 1. The molecule has 0 fully saturated rings. The number of methoxy groups -OCH3 is 1. The van der Waals surface area contributed by atoms with Crippen LogP contribution in [0.5, 0.6) is 0 Å². The molecular formula is C14H13N3O5. The minimum absolute atomic E-state index is 0.148. The minimum atomic E-state index is -0.966. The molecule has 0 atom stereocenters. The van der Waals surface area contributed by atoms with Gasteiger partial charge in [0.05, 0.1) is 7.11 Å². The Balaban J connectivity index is 2.38. The Morgan fingerprint density at radius 1 is 1.36 bits per heavy atom. The van der Waals surface area contributed by atoms with E-state index in [1.165, 1.54) is 18.3 Å². The summed E-state index contributed by atoms with van der Waals surface area (Å²) in [6.45, 7) is -0.483. The minimum Gasteiger partial charge on any atom is -0.468 e. The number of primary amides is 1. The molecule has 0 aliphatic heterocycles. The van der Waals surface area contributed by atoms with Crippen LogP contribution in [0, 0.1) is 0 Å². The zero-order valence-electron chi connectivity index (χ0n) is 11.7. The summed E-state index contributed by atoms with van der Waals surface area (Å²) in [5.41, 5.74) is 4.83. The molecule has 8 nitrogen and oxygen atoms in total. The van der Waals surface area contributed by atoms with Crippen LogP contribution in [0.2, 0.25) is 0 Å². The Hall–Kier alpha value is -3.16. The molecule has 2 aromatic rings. The maximum absolute atomic E-state index is 12.0. The second-order valence-electron chi connectivity index (χ2n) is 4.21. The number of amides is 2. The number of hydrogen-bond acceptors (Lipinski definition) is 6. The smallest absolute Gasteiger partial charge is 0.360 e. The molecule has 2 heterocycles. The third-order valence-corrected chi connectivity index (χ3v) is 2.82. The topological polar surface area (TPSA) is 116 Å². The lowest BCUT2D eigenvalue weighted by Crippen LogP contribution is -2.42. The van der Waals surface area contributed by atoms with E-state index in [-0.39, 0.29) is 11.4 Å². The lowest BCUT2D eigenvalue weighted by Gasteiger charge is -2.17. The number of aromatic nitrogens is 1. The number of hydrogen-bond donors (Lipinski definition) is 1. The van der Waals surface area contributed by atoms with E-state index in [1.807, 2.05) is 0 Å². The molecule has 0 saturated carbocycles. The van der Waals surface area contributed by atoms with Gasteiger partial charge in [-0.25, -0.2) is 9.59 Å². The van der Waals surface area contributed by atoms with Crippen molar-refractivity contribution in [3.63, 3.8) is 0 Å². The lowest BCUT2D eigenvalue weighted by molar-refractivity contribution is -0.138. The number of nitrogens with zero attached hydrogens (tertiary/aromatic N) is 2. The summed E-state index contributed by atoms with van der Waals surface area (Å²) >= 11 is 0. The van der Waals surface area contributed by atoms with Gasteiger partial charge in [0.1, 0.15) is 18.0 Å². The normalized spacial score (nSPS) is 10.0. The molecular weight excluding hydrogens is 290 g/mol. The van der Waals surface area contributed by atoms with E-state index in [9.17, 15) is 14.4 Å². The van der Waals surface area contributed by atoms with Crippen molar-refractivity contribution >= 4 is 17.7 Å². The van der Waals surface area contributed by atoms with Crippen molar-refractivity contribution in [2.24, 2.45) is 5.73 Å². The van der Waals surface area contributed by atoms with Crippen LogP contribution in [0.4, 0.5) is 10.5 Å². The predicted octanol–water partition coefficient (Wildman–Crippen LogP) is 0.760. The Kier molecular flexibility index (Phi) is 4.52. The fraction of sp³-hybridized carbons (Fsp3) is 0.143. The Morgan fingerprint density at radius 2 is 2.14 bits per heavy atom. The standard InChI is InChI=1S/C14H13N3O5/c1-21-12(18)8-17(14(15)20)10-4-5-11(22-13(10)19)9-3-2-6-16-7-9/h2-7H,8H2,1H3,(H2,15,20). The van der Waals surface area contributed by atoms with Gasteiger partial charge in [-0.2, -0.15) is 0 Å². The van der Waals surface area contributed by atoms with Crippen molar-refractivity contribution in [2.75, 3.05) is 18.6 Å². The molecule has 2 N–H and O–H groups in total. The number of anilines is 1. The van der Waals surface area contributed by atoms with E-state index in [2.05, 4.69) is 9.72 Å². The van der Waals surface area contributed by atoms with Crippen molar-refractivity contribution < 1.29 is 18.7 Å². The predicted molar refractivity (Wildman–Crippen MR) is 77.2 cm³/mol. The first-order chi connectivity index (χ1) is 10.5. The van der Waals surface area contributed by atoms with Gasteiger partial charge < -0.3 is 14.9 Å². The first-order valence-corrected chi connectivity index (χ1v) is 6.21. The van der Waals surface area contributed by atoms with E-state index in [4.69, 9.17) is 10.2 Å². The fourth-order valence-corrected chi connectivity index (χ4v) is 1.75.